The molecule has 0 heterocycles. The van der Waals surface area contributed by atoms with Crippen LogP contribution < -0.4 is 0 Å². The Bertz CT molecular complexity index is 2700. The minimum atomic E-state index is 0. The fraction of sp³-hybridized carbons (Fsp3) is 0.125. The van der Waals surface area contributed by atoms with E-state index in [0.29, 0.717) is 0 Å². The van der Waals surface area contributed by atoms with E-state index in [4.69, 9.17) is 0 Å². The van der Waals surface area contributed by atoms with Crippen molar-refractivity contribution in [2.24, 2.45) is 0 Å². The molecule has 0 N–H and O–H groups in total. The van der Waals surface area contributed by atoms with Gasteiger partial charge in [-0.3, -0.25) is 0 Å². The summed E-state index contributed by atoms with van der Waals surface area (Å²) in [6, 6.07) is 75.9. The third kappa shape index (κ3) is 13.5. The molecule has 0 aliphatic rings. The van der Waals surface area contributed by atoms with Crippen LogP contribution in [0.15, 0.2) is 206 Å². The van der Waals surface area contributed by atoms with E-state index in [1.54, 1.807) is 0 Å². The predicted molar refractivity (Wildman–Crippen MR) is 301 cm³/mol. The predicted octanol–water partition coefficient (Wildman–Crippen LogP) is 18.0. The van der Waals surface area contributed by atoms with Gasteiger partial charge in [0.05, 0.1) is 0 Å². The Morgan fingerprint density at radius 1 is 0.338 bits per heavy atom. The molecule has 68 heavy (non-hydrogen) atoms. The molecule has 0 aliphatic carbocycles. The van der Waals surface area contributed by atoms with Gasteiger partial charge in [0.1, 0.15) is 0 Å². The molecule has 0 saturated heterocycles. The average molecular weight is 1020 g/mol. The van der Waals surface area contributed by atoms with Crippen LogP contribution in [0.25, 0.3) is 66.1 Å². The molecule has 0 fully saturated rings. The van der Waals surface area contributed by atoms with Gasteiger partial charge in [-0.1, -0.05) is 238 Å². The van der Waals surface area contributed by atoms with Crippen LogP contribution in [0.3, 0.4) is 0 Å². The number of hydrogen-bond donors (Lipinski definition) is 0. The summed E-state index contributed by atoms with van der Waals surface area (Å²) in [5.74, 6) is 0. The van der Waals surface area contributed by atoms with Crippen LogP contribution in [0.5, 0.6) is 0 Å². The monoisotopic (exact) mass is 1020 g/mol. The van der Waals surface area contributed by atoms with E-state index in [1.807, 2.05) is 0 Å². The van der Waals surface area contributed by atoms with Gasteiger partial charge in [-0.2, -0.15) is 12.1 Å². The van der Waals surface area contributed by atoms with Crippen LogP contribution >= 0.6 is 24.8 Å². The Kier molecular flexibility index (Phi) is 21.5. The third-order valence-electron chi connectivity index (χ3n) is 12.4. The Balaban J connectivity index is 0.000000271. The fourth-order valence-corrected chi connectivity index (χ4v) is 8.81. The molecule has 0 atom stereocenters. The Hall–Kier alpha value is -5.34. The molecule has 4 heteroatoms. The molecule has 10 aromatic carbocycles. The summed E-state index contributed by atoms with van der Waals surface area (Å²) in [5, 5.41) is 5.41. The van der Waals surface area contributed by atoms with Crippen molar-refractivity contribution in [2.45, 2.75) is 53.4 Å². The minimum absolute atomic E-state index is 0. The first-order valence-corrected chi connectivity index (χ1v) is 26.6. The molecule has 0 spiro atoms. The van der Waals surface area contributed by atoms with E-state index in [0.717, 1.165) is 25.7 Å². The first-order valence-electron chi connectivity index (χ1n) is 22.4. The molecule has 10 aromatic rings. The summed E-state index contributed by atoms with van der Waals surface area (Å²) < 4.78 is 0. The van der Waals surface area contributed by atoms with Crippen molar-refractivity contribution in [3.8, 4) is 44.5 Å². The van der Waals surface area contributed by atoms with E-state index < -0.39 is 0 Å². The second-order valence-corrected chi connectivity index (χ2v) is 17.1. The second-order valence-electron chi connectivity index (χ2n) is 17.1. The summed E-state index contributed by atoms with van der Waals surface area (Å²) in [4.78, 5) is 0. The van der Waals surface area contributed by atoms with E-state index in [2.05, 4.69) is 241 Å². The molecule has 0 nitrogen and oxygen atoms in total. The summed E-state index contributed by atoms with van der Waals surface area (Å²) in [7, 11) is 0. The molecular formula is C64H62Cl2SiZr-4. The van der Waals surface area contributed by atoms with E-state index in [9.17, 15) is 0 Å². The number of fused-ring (bicyclic) bond motifs is 2. The van der Waals surface area contributed by atoms with Crippen LogP contribution in [0.2, 0.25) is 0 Å². The molecule has 0 amide bonds. The van der Waals surface area contributed by atoms with E-state index >= 15 is 0 Å². The standard InChI is InChI=1S/2C31H27.2CH3.2ClH.Si.Zr/c2*1-22-8-14-26(15-9-22)28-18-19-29(27-16-10-23(2)11-17-27)31-21-25(20-30(28)31)13-12-24-6-4-3-5-7-24;;;;;;/h2*3-11,14-21H,12-13H2,1-2H3;2*1H3;2*1H;;/q4*-1;;;;. The first-order chi connectivity index (χ1) is 31.3. The van der Waals surface area contributed by atoms with E-state index in [1.165, 1.54) is 134 Å². The molecule has 0 aromatic heterocycles. The van der Waals surface area contributed by atoms with Gasteiger partial charge >= 0.3 is 30.2 Å². The van der Waals surface area contributed by atoms with Gasteiger partial charge in [-0.25, -0.2) is 0 Å². The number of halogens is 2. The van der Waals surface area contributed by atoms with Crippen LogP contribution in [-0.2, 0) is 49.0 Å². The van der Waals surface area contributed by atoms with Gasteiger partial charge in [0, 0.05) is 0 Å². The van der Waals surface area contributed by atoms with Crippen molar-refractivity contribution in [3.05, 3.63) is 266 Å². The van der Waals surface area contributed by atoms with E-state index in [-0.39, 0.29) is 39.7 Å². The Morgan fingerprint density at radius 3 is 0.897 bits per heavy atom. The Labute approximate surface area is 436 Å². The average Bonchev–Trinajstić information content (AvgIpc) is 3.98. The molecule has 344 valence electrons. The van der Waals surface area contributed by atoms with Crippen molar-refractivity contribution < 1.29 is 23.3 Å². The van der Waals surface area contributed by atoms with Gasteiger partial charge in [-0.05, 0) is 75.6 Å². The maximum atomic E-state index is 3.06. The van der Waals surface area contributed by atoms with Crippen molar-refractivity contribution in [2.75, 3.05) is 0 Å². The zero-order chi connectivity index (χ0) is 44.4. The topological polar surface area (TPSA) is 0 Å². The maximum absolute atomic E-state index is 3.06. The molecule has 0 bridgehead atoms. The van der Waals surface area contributed by atoms with Gasteiger partial charge in [0.25, 0.3) is 0 Å². The summed E-state index contributed by atoms with van der Waals surface area (Å²) in [5.41, 5.74) is 21.2. The van der Waals surface area contributed by atoms with Crippen LogP contribution in [0, 0.1) is 42.5 Å². The molecule has 2 radical (unpaired) electrons. The fourth-order valence-electron chi connectivity index (χ4n) is 8.81. The summed E-state index contributed by atoms with van der Waals surface area (Å²) in [6.07, 6.45) is 4.24. The number of aryl methyl sites for hydroxylation is 8. The first kappa shape index (κ1) is 55.3. The molecule has 0 aliphatic heterocycles. The van der Waals surface area contributed by atoms with Crippen molar-refractivity contribution >= 4 is 53.2 Å². The van der Waals surface area contributed by atoms with Gasteiger partial charge in [0.15, 0.2) is 0 Å². The zero-order valence-electron chi connectivity index (χ0n) is 40.3. The number of benzene rings is 8. The summed E-state index contributed by atoms with van der Waals surface area (Å²) >= 11 is 1.36. The summed E-state index contributed by atoms with van der Waals surface area (Å²) in [6.45, 7) is 11.6. The zero-order valence-corrected chi connectivity index (χ0v) is 45.4. The quantitative estimate of drug-likeness (QED) is 0.0946. The van der Waals surface area contributed by atoms with Crippen molar-refractivity contribution in [1.29, 1.82) is 0 Å². The second kappa shape index (κ2) is 26.4. The van der Waals surface area contributed by atoms with Gasteiger partial charge in [-0.15, -0.1) is 69.6 Å². The molecular weight excluding hydrogens is 959 g/mol. The van der Waals surface area contributed by atoms with Crippen LogP contribution in [-0.4, -0.2) is 6.88 Å². The number of rotatable bonds is 10. The van der Waals surface area contributed by atoms with Crippen LogP contribution in [0.1, 0.15) is 44.5 Å². The van der Waals surface area contributed by atoms with Crippen molar-refractivity contribution in [1.82, 2.24) is 0 Å². The number of hydrogen-bond acceptors (Lipinski definition) is 0. The SMILES string of the molecule is Cc1ccc(-c2ccc(-c3ccc(C)cc3)c3[cH-]c(CCc4ccccc4)cc23)cc1.Cc1ccc(-c2ccc(-c3ccc(C)cc3)c3[cH-]c(CCc4ccccc4)cc23)cc1.Cl.Cl.[CH3-].[CH3-].[Si]=[Zr]. The third-order valence-corrected chi connectivity index (χ3v) is 12.4. The van der Waals surface area contributed by atoms with Crippen LogP contribution in [0.4, 0.5) is 0 Å². The van der Waals surface area contributed by atoms with Crippen molar-refractivity contribution in [3.63, 3.8) is 0 Å². The Morgan fingerprint density at radius 2 is 0.603 bits per heavy atom. The molecule has 0 saturated carbocycles. The molecule has 10 rings (SSSR count). The van der Waals surface area contributed by atoms with Gasteiger partial charge < -0.3 is 14.9 Å². The van der Waals surface area contributed by atoms with Gasteiger partial charge in [0.2, 0.25) is 0 Å². The molecule has 0 unspecified atom stereocenters. The normalized spacial score (nSPS) is 10.2.